The molecule has 4 bridgehead atoms. The zero-order valence-corrected chi connectivity index (χ0v) is 11.3. The SMILES string of the molecule is CCC(C)OC1CC2CC1C1C3CCC(C3)C21. The first-order valence-electron chi connectivity index (χ1n) is 7.93. The Morgan fingerprint density at radius 1 is 1.00 bits per heavy atom. The van der Waals surface area contributed by atoms with Crippen LogP contribution in [0.1, 0.15) is 52.4 Å². The lowest BCUT2D eigenvalue weighted by Crippen LogP contribution is -2.37. The summed E-state index contributed by atoms with van der Waals surface area (Å²) in [6.45, 7) is 4.50. The summed E-state index contributed by atoms with van der Waals surface area (Å²) < 4.78 is 6.31. The first kappa shape index (κ1) is 10.8. The normalized spacial score (nSPS) is 56.5. The van der Waals surface area contributed by atoms with Gasteiger partial charge in [-0.15, -0.1) is 0 Å². The molecule has 17 heavy (non-hydrogen) atoms. The summed E-state index contributed by atoms with van der Waals surface area (Å²) in [5.74, 6) is 6.45. The molecule has 4 aliphatic carbocycles. The van der Waals surface area contributed by atoms with E-state index in [4.69, 9.17) is 4.74 Å². The molecule has 0 radical (unpaired) electrons. The van der Waals surface area contributed by atoms with Crippen LogP contribution in [0.15, 0.2) is 0 Å². The minimum atomic E-state index is 0.483. The van der Waals surface area contributed by atoms with Crippen molar-refractivity contribution in [3.05, 3.63) is 0 Å². The molecule has 0 saturated heterocycles. The molecule has 8 atom stereocenters. The molecule has 0 aromatic carbocycles. The molecule has 0 aromatic heterocycles. The summed E-state index contributed by atoms with van der Waals surface area (Å²) in [7, 11) is 0. The Labute approximate surface area is 105 Å². The van der Waals surface area contributed by atoms with Crippen molar-refractivity contribution in [3.8, 4) is 0 Å². The number of fused-ring (bicyclic) bond motifs is 9. The molecule has 0 spiro atoms. The monoisotopic (exact) mass is 234 g/mol. The van der Waals surface area contributed by atoms with Gasteiger partial charge in [0.1, 0.15) is 0 Å². The van der Waals surface area contributed by atoms with Crippen molar-refractivity contribution >= 4 is 0 Å². The van der Waals surface area contributed by atoms with Crippen LogP contribution in [0.3, 0.4) is 0 Å². The van der Waals surface area contributed by atoms with Crippen LogP contribution in [0, 0.1) is 35.5 Å². The topological polar surface area (TPSA) is 9.23 Å². The second-order valence-electron chi connectivity index (χ2n) is 7.28. The van der Waals surface area contributed by atoms with Crippen LogP contribution in [0.4, 0.5) is 0 Å². The summed E-state index contributed by atoms with van der Waals surface area (Å²) in [6.07, 6.45) is 9.90. The van der Waals surface area contributed by atoms with Crippen LogP contribution < -0.4 is 0 Å². The Bertz CT molecular complexity index is 313. The van der Waals surface area contributed by atoms with E-state index in [1.54, 1.807) is 19.3 Å². The maximum absolute atomic E-state index is 6.31. The standard InChI is InChI=1S/C16H26O/c1-3-9(2)17-14-8-12-7-13(14)16-11-5-4-10(6-11)15(12)16/h9-16H,3-8H2,1-2H3. The lowest BCUT2D eigenvalue weighted by Gasteiger charge is -2.39. The van der Waals surface area contributed by atoms with Gasteiger partial charge in [-0.25, -0.2) is 0 Å². The van der Waals surface area contributed by atoms with E-state index in [2.05, 4.69) is 13.8 Å². The molecule has 4 fully saturated rings. The van der Waals surface area contributed by atoms with E-state index in [1.807, 2.05) is 0 Å². The van der Waals surface area contributed by atoms with Crippen molar-refractivity contribution < 1.29 is 4.74 Å². The van der Waals surface area contributed by atoms with Crippen molar-refractivity contribution in [1.29, 1.82) is 0 Å². The highest BCUT2D eigenvalue weighted by Crippen LogP contribution is 2.67. The predicted octanol–water partition coefficient (Wildman–Crippen LogP) is 3.87. The fraction of sp³-hybridized carbons (Fsp3) is 1.00. The van der Waals surface area contributed by atoms with Gasteiger partial charge in [-0.05, 0) is 81.0 Å². The molecule has 0 heterocycles. The molecule has 96 valence electrons. The zero-order valence-electron chi connectivity index (χ0n) is 11.3. The summed E-state index contributed by atoms with van der Waals surface area (Å²) >= 11 is 0. The van der Waals surface area contributed by atoms with Gasteiger partial charge < -0.3 is 4.74 Å². The van der Waals surface area contributed by atoms with Crippen LogP contribution in [0.25, 0.3) is 0 Å². The average Bonchev–Trinajstić information content (AvgIpc) is 3.06. The van der Waals surface area contributed by atoms with E-state index in [1.165, 1.54) is 19.3 Å². The van der Waals surface area contributed by atoms with Crippen LogP contribution >= 0.6 is 0 Å². The molecule has 0 amide bonds. The van der Waals surface area contributed by atoms with E-state index in [0.717, 1.165) is 35.5 Å². The predicted molar refractivity (Wildman–Crippen MR) is 68.7 cm³/mol. The molecule has 0 N–H and O–H groups in total. The van der Waals surface area contributed by atoms with Gasteiger partial charge in [0.25, 0.3) is 0 Å². The molecule has 1 heteroatoms. The van der Waals surface area contributed by atoms with Crippen LogP contribution in [0.2, 0.25) is 0 Å². The summed E-state index contributed by atoms with van der Waals surface area (Å²) in [5, 5.41) is 0. The van der Waals surface area contributed by atoms with Crippen LogP contribution in [-0.2, 0) is 4.74 Å². The highest BCUT2D eigenvalue weighted by atomic mass is 16.5. The molecule has 1 nitrogen and oxygen atoms in total. The van der Waals surface area contributed by atoms with E-state index < -0.39 is 0 Å². The van der Waals surface area contributed by atoms with Crippen molar-refractivity contribution in [2.75, 3.05) is 0 Å². The molecule has 4 aliphatic rings. The molecular formula is C16H26O. The molecule has 0 aromatic rings. The Morgan fingerprint density at radius 2 is 1.76 bits per heavy atom. The van der Waals surface area contributed by atoms with E-state index in [-0.39, 0.29) is 0 Å². The number of hydrogen-bond donors (Lipinski definition) is 0. The number of rotatable bonds is 3. The Kier molecular flexibility index (Phi) is 2.38. The van der Waals surface area contributed by atoms with Crippen molar-refractivity contribution in [1.82, 2.24) is 0 Å². The van der Waals surface area contributed by atoms with E-state index >= 15 is 0 Å². The van der Waals surface area contributed by atoms with Crippen molar-refractivity contribution in [2.45, 2.75) is 64.6 Å². The fourth-order valence-electron chi connectivity index (χ4n) is 6.06. The Balaban J connectivity index is 1.51. The van der Waals surface area contributed by atoms with E-state index in [9.17, 15) is 0 Å². The number of ether oxygens (including phenoxy) is 1. The third-order valence-electron chi connectivity index (χ3n) is 6.66. The third-order valence-corrected chi connectivity index (χ3v) is 6.66. The second-order valence-corrected chi connectivity index (χ2v) is 7.28. The fourth-order valence-corrected chi connectivity index (χ4v) is 6.06. The van der Waals surface area contributed by atoms with Crippen molar-refractivity contribution in [3.63, 3.8) is 0 Å². The highest BCUT2D eigenvalue weighted by Gasteiger charge is 2.62. The highest BCUT2D eigenvalue weighted by molar-refractivity contribution is 5.11. The minimum Gasteiger partial charge on any atom is -0.375 e. The molecular weight excluding hydrogens is 208 g/mol. The Hall–Kier alpha value is -0.0400. The third kappa shape index (κ3) is 1.41. The smallest absolute Gasteiger partial charge is 0.0612 e. The van der Waals surface area contributed by atoms with Crippen molar-refractivity contribution in [2.24, 2.45) is 35.5 Å². The molecule has 0 aliphatic heterocycles. The van der Waals surface area contributed by atoms with Gasteiger partial charge in [-0.2, -0.15) is 0 Å². The largest absolute Gasteiger partial charge is 0.375 e. The van der Waals surface area contributed by atoms with Crippen LogP contribution in [-0.4, -0.2) is 12.2 Å². The Morgan fingerprint density at radius 3 is 2.53 bits per heavy atom. The van der Waals surface area contributed by atoms with Gasteiger partial charge in [-0.3, -0.25) is 0 Å². The molecule has 8 unspecified atom stereocenters. The number of hydrogen-bond acceptors (Lipinski definition) is 1. The lowest BCUT2D eigenvalue weighted by atomic mass is 9.70. The van der Waals surface area contributed by atoms with Crippen LogP contribution in [0.5, 0.6) is 0 Å². The molecule has 4 saturated carbocycles. The van der Waals surface area contributed by atoms with Gasteiger partial charge in [0.15, 0.2) is 0 Å². The molecule has 4 rings (SSSR count). The maximum Gasteiger partial charge on any atom is 0.0612 e. The van der Waals surface area contributed by atoms with E-state index in [0.29, 0.717) is 12.2 Å². The average molecular weight is 234 g/mol. The van der Waals surface area contributed by atoms with Gasteiger partial charge in [-0.1, -0.05) is 6.92 Å². The lowest BCUT2D eigenvalue weighted by molar-refractivity contribution is -0.0635. The first-order valence-corrected chi connectivity index (χ1v) is 7.93. The minimum absolute atomic E-state index is 0.483. The van der Waals surface area contributed by atoms with Gasteiger partial charge in [0.2, 0.25) is 0 Å². The first-order chi connectivity index (χ1) is 8.28. The second kappa shape index (κ2) is 3.73. The quantitative estimate of drug-likeness (QED) is 0.674. The summed E-state index contributed by atoms with van der Waals surface area (Å²) in [4.78, 5) is 0. The van der Waals surface area contributed by atoms with Gasteiger partial charge in [0.05, 0.1) is 12.2 Å². The van der Waals surface area contributed by atoms with Gasteiger partial charge in [0, 0.05) is 0 Å². The maximum atomic E-state index is 6.31. The summed E-state index contributed by atoms with van der Waals surface area (Å²) in [6, 6.07) is 0. The summed E-state index contributed by atoms with van der Waals surface area (Å²) in [5.41, 5.74) is 0. The van der Waals surface area contributed by atoms with Gasteiger partial charge >= 0.3 is 0 Å². The zero-order chi connectivity index (χ0) is 11.6.